The molecule has 1 atom stereocenters. The van der Waals surface area contributed by atoms with Crippen LogP contribution in [0, 0.1) is 5.92 Å². The molecule has 94 valence electrons. The molecule has 0 radical (unpaired) electrons. The van der Waals surface area contributed by atoms with Crippen molar-refractivity contribution in [2.75, 3.05) is 13.2 Å². The van der Waals surface area contributed by atoms with Crippen LogP contribution in [0.5, 0.6) is 0 Å². The molecule has 0 aliphatic carbocycles. The minimum Gasteiger partial charge on any atom is -0.464 e. The van der Waals surface area contributed by atoms with Crippen molar-refractivity contribution in [1.82, 2.24) is 0 Å². The van der Waals surface area contributed by atoms with E-state index < -0.39 is 16.8 Å². The van der Waals surface area contributed by atoms with Crippen molar-refractivity contribution in [3.63, 3.8) is 0 Å². The average Bonchev–Trinajstić information content (AvgIpc) is 2.27. The van der Waals surface area contributed by atoms with E-state index >= 15 is 0 Å². The molecule has 0 amide bonds. The van der Waals surface area contributed by atoms with Crippen LogP contribution in [0.2, 0.25) is 0 Å². The summed E-state index contributed by atoms with van der Waals surface area (Å²) in [5.74, 6) is -1.80. The molecule has 5 heteroatoms. The number of rotatable bonds is 6. The molecule has 0 aromatic rings. The van der Waals surface area contributed by atoms with Crippen LogP contribution >= 0.6 is 11.6 Å². The Balaban J connectivity index is 5.02. The highest BCUT2D eigenvalue weighted by molar-refractivity contribution is 6.44. The highest BCUT2D eigenvalue weighted by Crippen LogP contribution is 2.31. The van der Waals surface area contributed by atoms with Gasteiger partial charge >= 0.3 is 11.9 Å². The van der Waals surface area contributed by atoms with Crippen molar-refractivity contribution >= 4 is 23.5 Å². The van der Waals surface area contributed by atoms with E-state index in [0.717, 1.165) is 0 Å². The maximum Gasteiger partial charge on any atom is 0.339 e. The fourth-order valence-corrected chi connectivity index (χ4v) is 1.50. The van der Waals surface area contributed by atoms with Gasteiger partial charge in [-0.2, -0.15) is 0 Å². The number of alkyl halides is 1. The van der Waals surface area contributed by atoms with Gasteiger partial charge in [0.1, 0.15) is 0 Å². The van der Waals surface area contributed by atoms with E-state index in [1.165, 1.54) is 0 Å². The van der Waals surface area contributed by atoms with Gasteiger partial charge in [-0.25, -0.2) is 9.59 Å². The Morgan fingerprint density at radius 2 is 1.50 bits per heavy atom. The Morgan fingerprint density at radius 3 is 1.75 bits per heavy atom. The lowest BCUT2D eigenvalue weighted by molar-refractivity contribution is -0.161. The smallest absolute Gasteiger partial charge is 0.339 e. The molecule has 0 rings (SSSR count). The number of hydrogen-bond donors (Lipinski definition) is 0. The zero-order valence-electron chi connectivity index (χ0n) is 10.2. The van der Waals surface area contributed by atoms with Gasteiger partial charge in [-0.3, -0.25) is 0 Å². The van der Waals surface area contributed by atoms with Crippen molar-refractivity contribution in [3.05, 3.63) is 0 Å². The van der Waals surface area contributed by atoms with Crippen molar-refractivity contribution in [1.29, 1.82) is 0 Å². The van der Waals surface area contributed by atoms with Crippen LogP contribution < -0.4 is 0 Å². The second kappa shape index (κ2) is 6.74. The molecule has 0 heterocycles. The largest absolute Gasteiger partial charge is 0.464 e. The zero-order chi connectivity index (χ0) is 12.8. The molecule has 0 N–H and O–H groups in total. The minimum absolute atomic E-state index is 0.184. The van der Waals surface area contributed by atoms with Gasteiger partial charge in [-0.1, -0.05) is 31.9 Å². The molecule has 0 aliphatic heterocycles. The van der Waals surface area contributed by atoms with Crippen LogP contribution in [0.15, 0.2) is 0 Å². The Hall–Kier alpha value is -0.770. The SMILES string of the molecule is CCOC(=O)C(Cl)(C(=O)OCC)[C@H](C)CC. The number of hydrogen-bond acceptors (Lipinski definition) is 4. The van der Waals surface area contributed by atoms with Crippen molar-refractivity contribution in [2.24, 2.45) is 5.92 Å². The van der Waals surface area contributed by atoms with E-state index in [9.17, 15) is 9.59 Å². The predicted octanol–water partition coefficient (Wildman–Crippen LogP) is 2.14. The third-order valence-electron chi connectivity index (χ3n) is 2.44. The molecule has 0 aromatic heterocycles. The van der Waals surface area contributed by atoms with Crippen LogP contribution in [0.4, 0.5) is 0 Å². The summed E-state index contributed by atoms with van der Waals surface area (Å²) in [6.07, 6.45) is 0.584. The lowest BCUT2D eigenvalue weighted by Gasteiger charge is -2.27. The van der Waals surface area contributed by atoms with Gasteiger partial charge in [0.2, 0.25) is 4.87 Å². The van der Waals surface area contributed by atoms with Crippen LogP contribution in [0.25, 0.3) is 0 Å². The molecule has 0 unspecified atom stereocenters. The third kappa shape index (κ3) is 3.11. The van der Waals surface area contributed by atoms with Crippen LogP contribution in [0.3, 0.4) is 0 Å². The summed E-state index contributed by atoms with van der Waals surface area (Å²) in [6, 6.07) is 0. The molecular formula is C11H19ClO4. The van der Waals surface area contributed by atoms with E-state index in [-0.39, 0.29) is 19.1 Å². The van der Waals surface area contributed by atoms with Crippen molar-refractivity contribution in [2.45, 2.75) is 39.0 Å². The van der Waals surface area contributed by atoms with Crippen molar-refractivity contribution in [3.8, 4) is 0 Å². The second-order valence-electron chi connectivity index (χ2n) is 3.46. The number of ether oxygens (including phenoxy) is 2. The number of carbonyl (C=O) groups is 2. The monoisotopic (exact) mass is 250 g/mol. The van der Waals surface area contributed by atoms with Crippen LogP contribution in [-0.2, 0) is 19.1 Å². The maximum absolute atomic E-state index is 11.7. The summed E-state index contributed by atoms with van der Waals surface area (Å²) >= 11 is 6.10. The normalized spacial score (nSPS) is 13.1. The summed E-state index contributed by atoms with van der Waals surface area (Å²) in [4.78, 5) is 21.7. The lowest BCUT2D eigenvalue weighted by atomic mass is 9.91. The molecule has 16 heavy (non-hydrogen) atoms. The number of esters is 2. The molecule has 0 bridgehead atoms. The van der Waals surface area contributed by atoms with Crippen molar-refractivity contribution < 1.29 is 19.1 Å². The average molecular weight is 251 g/mol. The van der Waals surface area contributed by atoms with Gasteiger partial charge in [0.15, 0.2) is 0 Å². The first-order chi connectivity index (χ1) is 7.44. The van der Waals surface area contributed by atoms with Gasteiger partial charge in [0, 0.05) is 0 Å². The lowest BCUT2D eigenvalue weighted by Crippen LogP contribution is -2.49. The molecular weight excluding hydrogens is 232 g/mol. The summed E-state index contributed by atoms with van der Waals surface area (Å²) in [6.45, 7) is 7.27. The highest BCUT2D eigenvalue weighted by Gasteiger charge is 2.51. The fourth-order valence-electron chi connectivity index (χ4n) is 1.24. The summed E-state index contributed by atoms with van der Waals surface area (Å²) in [5.41, 5.74) is 0. The summed E-state index contributed by atoms with van der Waals surface area (Å²) in [7, 11) is 0. The molecule has 0 spiro atoms. The first-order valence-electron chi connectivity index (χ1n) is 5.48. The minimum atomic E-state index is -1.72. The maximum atomic E-state index is 11.7. The number of carbonyl (C=O) groups excluding carboxylic acids is 2. The van der Waals surface area contributed by atoms with E-state index in [4.69, 9.17) is 21.1 Å². The first kappa shape index (κ1) is 15.2. The van der Waals surface area contributed by atoms with E-state index in [1.54, 1.807) is 20.8 Å². The standard InChI is InChI=1S/C11H19ClO4/c1-5-8(4)11(12,9(13)15-6-2)10(14)16-7-3/h8H,5-7H2,1-4H3/t8-/m1/s1. The van der Waals surface area contributed by atoms with Gasteiger partial charge in [-0.05, 0) is 19.8 Å². The summed E-state index contributed by atoms with van der Waals surface area (Å²) in [5, 5.41) is 0. The predicted molar refractivity (Wildman–Crippen MR) is 61.3 cm³/mol. The second-order valence-corrected chi connectivity index (χ2v) is 4.06. The summed E-state index contributed by atoms with van der Waals surface area (Å²) < 4.78 is 9.65. The quantitative estimate of drug-likeness (QED) is 0.412. The molecule has 4 nitrogen and oxygen atoms in total. The van der Waals surface area contributed by atoms with Gasteiger partial charge in [0.25, 0.3) is 0 Å². The Morgan fingerprint density at radius 1 is 1.12 bits per heavy atom. The van der Waals surface area contributed by atoms with Crippen LogP contribution in [-0.4, -0.2) is 30.0 Å². The third-order valence-corrected chi connectivity index (χ3v) is 3.12. The topological polar surface area (TPSA) is 52.6 Å². The highest BCUT2D eigenvalue weighted by atomic mass is 35.5. The Labute approximate surface area is 101 Å². The first-order valence-corrected chi connectivity index (χ1v) is 5.86. The van der Waals surface area contributed by atoms with Crippen LogP contribution in [0.1, 0.15) is 34.1 Å². The van der Waals surface area contributed by atoms with Gasteiger partial charge < -0.3 is 9.47 Å². The molecule has 0 fully saturated rings. The fraction of sp³-hybridized carbons (Fsp3) is 0.818. The van der Waals surface area contributed by atoms with Gasteiger partial charge in [-0.15, -0.1) is 0 Å². The Bertz CT molecular complexity index is 234. The molecule has 0 aromatic carbocycles. The Kier molecular flexibility index (Phi) is 6.41. The number of halogens is 1. The van der Waals surface area contributed by atoms with E-state index in [0.29, 0.717) is 6.42 Å². The zero-order valence-corrected chi connectivity index (χ0v) is 11.0. The molecule has 0 saturated heterocycles. The van der Waals surface area contributed by atoms with E-state index in [1.807, 2.05) is 6.92 Å². The van der Waals surface area contributed by atoms with E-state index in [2.05, 4.69) is 0 Å². The van der Waals surface area contributed by atoms with Gasteiger partial charge in [0.05, 0.1) is 13.2 Å². The molecule has 0 saturated carbocycles. The molecule has 0 aliphatic rings.